The first-order valence-corrected chi connectivity index (χ1v) is 5.78. The highest BCUT2D eigenvalue weighted by Gasteiger charge is 2.05. The number of hydrogen-bond acceptors (Lipinski definition) is 2. The zero-order valence-electron chi connectivity index (χ0n) is 9.70. The molecule has 1 aromatic heterocycles. The van der Waals surface area contributed by atoms with Gasteiger partial charge in [-0.05, 0) is 24.6 Å². The number of halogens is 1. The third-order valence-corrected chi connectivity index (χ3v) is 2.78. The van der Waals surface area contributed by atoms with Gasteiger partial charge in [-0.3, -0.25) is 0 Å². The lowest BCUT2D eigenvalue weighted by atomic mass is 10.1. The summed E-state index contributed by atoms with van der Waals surface area (Å²) in [5.41, 5.74) is 1.21. The standard InChI is InChI=1S/C12H19ClN2/c1-4-10(2)8-15(3)9-11-5-6-12(13)14-7-11/h5-7,10H,4,8-9H2,1-3H3. The van der Waals surface area contributed by atoms with Gasteiger partial charge in [0.1, 0.15) is 5.15 Å². The molecule has 1 aromatic rings. The van der Waals surface area contributed by atoms with Crippen molar-refractivity contribution in [2.75, 3.05) is 13.6 Å². The van der Waals surface area contributed by atoms with Crippen molar-refractivity contribution in [2.24, 2.45) is 5.92 Å². The fourth-order valence-electron chi connectivity index (χ4n) is 1.54. The Labute approximate surface area is 97.3 Å². The maximum atomic E-state index is 5.73. The van der Waals surface area contributed by atoms with Crippen molar-refractivity contribution >= 4 is 11.6 Å². The van der Waals surface area contributed by atoms with Crippen LogP contribution in [0.15, 0.2) is 18.3 Å². The first-order chi connectivity index (χ1) is 7.11. The van der Waals surface area contributed by atoms with E-state index in [1.54, 1.807) is 0 Å². The molecule has 1 atom stereocenters. The topological polar surface area (TPSA) is 16.1 Å². The minimum absolute atomic E-state index is 0.559. The molecule has 0 N–H and O–H groups in total. The average Bonchev–Trinajstić information content (AvgIpc) is 2.21. The summed E-state index contributed by atoms with van der Waals surface area (Å²) in [6.45, 7) is 6.56. The number of pyridine rings is 1. The lowest BCUT2D eigenvalue weighted by Crippen LogP contribution is -2.23. The predicted octanol–water partition coefficient (Wildman–Crippen LogP) is 3.21. The molecule has 0 aromatic carbocycles. The molecule has 2 nitrogen and oxygen atoms in total. The van der Waals surface area contributed by atoms with Crippen LogP contribution >= 0.6 is 11.6 Å². The first kappa shape index (κ1) is 12.5. The lowest BCUT2D eigenvalue weighted by Gasteiger charge is -2.20. The summed E-state index contributed by atoms with van der Waals surface area (Å²) in [6.07, 6.45) is 3.07. The summed E-state index contributed by atoms with van der Waals surface area (Å²) >= 11 is 5.73. The van der Waals surface area contributed by atoms with Crippen LogP contribution in [0.3, 0.4) is 0 Å². The summed E-state index contributed by atoms with van der Waals surface area (Å²) < 4.78 is 0. The molecule has 0 aliphatic heterocycles. The minimum Gasteiger partial charge on any atom is -0.302 e. The Morgan fingerprint density at radius 1 is 1.47 bits per heavy atom. The second-order valence-corrected chi connectivity index (χ2v) is 4.59. The van der Waals surface area contributed by atoms with Crippen molar-refractivity contribution in [1.29, 1.82) is 0 Å². The molecule has 0 amide bonds. The Bertz CT molecular complexity index is 284. The Morgan fingerprint density at radius 2 is 2.20 bits per heavy atom. The lowest BCUT2D eigenvalue weighted by molar-refractivity contribution is 0.275. The van der Waals surface area contributed by atoms with E-state index >= 15 is 0 Å². The first-order valence-electron chi connectivity index (χ1n) is 5.40. The van der Waals surface area contributed by atoms with Crippen molar-refractivity contribution in [1.82, 2.24) is 9.88 Å². The number of rotatable bonds is 5. The van der Waals surface area contributed by atoms with Gasteiger partial charge in [0, 0.05) is 19.3 Å². The van der Waals surface area contributed by atoms with Crippen LogP contribution in [-0.4, -0.2) is 23.5 Å². The van der Waals surface area contributed by atoms with E-state index in [4.69, 9.17) is 11.6 Å². The third-order valence-electron chi connectivity index (χ3n) is 2.56. The molecule has 1 unspecified atom stereocenters. The van der Waals surface area contributed by atoms with E-state index in [2.05, 4.69) is 30.8 Å². The quantitative estimate of drug-likeness (QED) is 0.717. The summed E-state index contributed by atoms with van der Waals surface area (Å²) in [6, 6.07) is 3.87. The molecule has 84 valence electrons. The van der Waals surface area contributed by atoms with Gasteiger partial charge < -0.3 is 4.90 Å². The third kappa shape index (κ3) is 4.63. The van der Waals surface area contributed by atoms with Crippen molar-refractivity contribution in [3.05, 3.63) is 29.0 Å². The van der Waals surface area contributed by atoms with Crippen molar-refractivity contribution in [3.63, 3.8) is 0 Å². The molecule has 0 bridgehead atoms. The number of hydrogen-bond donors (Lipinski definition) is 0. The molecule has 15 heavy (non-hydrogen) atoms. The van der Waals surface area contributed by atoms with Gasteiger partial charge in [-0.2, -0.15) is 0 Å². The summed E-state index contributed by atoms with van der Waals surface area (Å²) in [7, 11) is 2.14. The normalized spacial score (nSPS) is 13.1. The molecule has 0 saturated heterocycles. The van der Waals surface area contributed by atoms with Crippen LogP contribution in [0.4, 0.5) is 0 Å². The predicted molar refractivity (Wildman–Crippen MR) is 65.0 cm³/mol. The molecule has 0 spiro atoms. The van der Waals surface area contributed by atoms with E-state index in [1.807, 2.05) is 18.3 Å². The zero-order valence-corrected chi connectivity index (χ0v) is 10.5. The number of nitrogens with zero attached hydrogens (tertiary/aromatic N) is 2. The van der Waals surface area contributed by atoms with Gasteiger partial charge in [0.05, 0.1) is 0 Å². The minimum atomic E-state index is 0.559. The molecule has 1 heterocycles. The van der Waals surface area contributed by atoms with Crippen LogP contribution < -0.4 is 0 Å². The second kappa shape index (κ2) is 6.09. The molecule has 3 heteroatoms. The maximum Gasteiger partial charge on any atom is 0.129 e. The van der Waals surface area contributed by atoms with Crippen LogP contribution in [0, 0.1) is 5.92 Å². The zero-order chi connectivity index (χ0) is 11.3. The molecule has 0 aliphatic rings. The smallest absolute Gasteiger partial charge is 0.129 e. The van der Waals surface area contributed by atoms with Gasteiger partial charge >= 0.3 is 0 Å². The van der Waals surface area contributed by atoms with Gasteiger partial charge in [0.15, 0.2) is 0 Å². The monoisotopic (exact) mass is 226 g/mol. The van der Waals surface area contributed by atoms with E-state index < -0.39 is 0 Å². The van der Waals surface area contributed by atoms with E-state index in [-0.39, 0.29) is 0 Å². The van der Waals surface area contributed by atoms with Crippen molar-refractivity contribution < 1.29 is 0 Å². The van der Waals surface area contributed by atoms with Gasteiger partial charge in [0.2, 0.25) is 0 Å². The molecular weight excluding hydrogens is 208 g/mol. The SMILES string of the molecule is CCC(C)CN(C)Cc1ccc(Cl)nc1. The highest BCUT2D eigenvalue weighted by Crippen LogP contribution is 2.09. The van der Waals surface area contributed by atoms with E-state index in [0.717, 1.165) is 19.0 Å². The molecule has 0 radical (unpaired) electrons. The molecule has 0 saturated carbocycles. The van der Waals surface area contributed by atoms with Gasteiger partial charge in [-0.1, -0.05) is 37.9 Å². The Kier molecular flexibility index (Phi) is 5.06. The van der Waals surface area contributed by atoms with E-state index in [1.165, 1.54) is 12.0 Å². The summed E-state index contributed by atoms with van der Waals surface area (Å²) in [5.74, 6) is 0.746. The van der Waals surface area contributed by atoms with Crippen LogP contribution in [-0.2, 0) is 6.54 Å². The Hall–Kier alpha value is -0.600. The van der Waals surface area contributed by atoms with Gasteiger partial charge in [-0.25, -0.2) is 4.98 Å². The summed E-state index contributed by atoms with van der Waals surface area (Å²) in [5, 5.41) is 0.559. The van der Waals surface area contributed by atoms with E-state index in [9.17, 15) is 0 Å². The van der Waals surface area contributed by atoms with E-state index in [0.29, 0.717) is 5.15 Å². The molecular formula is C12H19ClN2. The summed E-state index contributed by atoms with van der Waals surface area (Å²) in [4.78, 5) is 6.39. The largest absolute Gasteiger partial charge is 0.302 e. The van der Waals surface area contributed by atoms with Crippen LogP contribution in [0.2, 0.25) is 5.15 Å². The maximum absolute atomic E-state index is 5.73. The van der Waals surface area contributed by atoms with Crippen LogP contribution in [0.1, 0.15) is 25.8 Å². The van der Waals surface area contributed by atoms with Gasteiger partial charge in [-0.15, -0.1) is 0 Å². The van der Waals surface area contributed by atoms with Crippen LogP contribution in [0.5, 0.6) is 0 Å². The molecule has 1 rings (SSSR count). The number of aromatic nitrogens is 1. The fraction of sp³-hybridized carbons (Fsp3) is 0.583. The fourth-order valence-corrected chi connectivity index (χ4v) is 1.65. The van der Waals surface area contributed by atoms with Gasteiger partial charge in [0.25, 0.3) is 0 Å². The average molecular weight is 227 g/mol. The Morgan fingerprint density at radius 3 is 2.73 bits per heavy atom. The molecule has 0 fully saturated rings. The van der Waals surface area contributed by atoms with Crippen molar-refractivity contribution in [3.8, 4) is 0 Å². The second-order valence-electron chi connectivity index (χ2n) is 4.20. The Balaban J connectivity index is 2.44. The van der Waals surface area contributed by atoms with Crippen molar-refractivity contribution in [2.45, 2.75) is 26.8 Å². The van der Waals surface area contributed by atoms with Crippen LogP contribution in [0.25, 0.3) is 0 Å². The highest BCUT2D eigenvalue weighted by molar-refractivity contribution is 6.29. The molecule has 0 aliphatic carbocycles. The highest BCUT2D eigenvalue weighted by atomic mass is 35.5.